The van der Waals surface area contributed by atoms with E-state index in [-0.39, 0.29) is 6.04 Å². The molecule has 0 aliphatic rings. The van der Waals surface area contributed by atoms with Crippen LogP contribution >= 0.6 is 0 Å². The third-order valence-electron chi connectivity index (χ3n) is 3.42. The van der Waals surface area contributed by atoms with Gasteiger partial charge in [0.05, 0.1) is 12.5 Å². The summed E-state index contributed by atoms with van der Waals surface area (Å²) in [7, 11) is 0. The van der Waals surface area contributed by atoms with E-state index in [4.69, 9.17) is 5.26 Å². The Morgan fingerprint density at radius 2 is 1.67 bits per heavy atom. The van der Waals surface area contributed by atoms with Crippen molar-refractivity contribution in [2.24, 2.45) is 0 Å². The highest BCUT2D eigenvalue weighted by Crippen LogP contribution is 2.19. The molecule has 1 aromatic carbocycles. The monoisotopic (exact) mass is 244 g/mol. The van der Waals surface area contributed by atoms with Crippen LogP contribution in [0.25, 0.3) is 0 Å². The second kappa shape index (κ2) is 7.18. The molecule has 1 rings (SSSR count). The van der Waals surface area contributed by atoms with Gasteiger partial charge in [0, 0.05) is 12.1 Å². The van der Waals surface area contributed by atoms with Gasteiger partial charge in [-0.1, -0.05) is 45.0 Å². The predicted molar refractivity (Wildman–Crippen MR) is 76.4 cm³/mol. The number of nitriles is 1. The summed E-state index contributed by atoms with van der Waals surface area (Å²) >= 11 is 0. The number of hydrogen-bond acceptors (Lipinski definition) is 2. The van der Waals surface area contributed by atoms with Gasteiger partial charge in [0.15, 0.2) is 0 Å². The van der Waals surface area contributed by atoms with Crippen LogP contribution in [-0.2, 0) is 0 Å². The number of benzene rings is 1. The molecule has 0 radical (unpaired) electrons. The molecule has 0 aliphatic heterocycles. The highest BCUT2D eigenvalue weighted by molar-refractivity contribution is 5.26. The van der Waals surface area contributed by atoms with Crippen LogP contribution in [0.15, 0.2) is 24.3 Å². The fourth-order valence-corrected chi connectivity index (χ4v) is 2.05. The number of nitrogens with one attached hydrogen (secondary N) is 1. The topological polar surface area (TPSA) is 35.8 Å². The van der Waals surface area contributed by atoms with Crippen molar-refractivity contribution in [2.45, 2.75) is 58.5 Å². The summed E-state index contributed by atoms with van der Waals surface area (Å²) in [5.41, 5.74) is 2.66. The zero-order valence-corrected chi connectivity index (χ0v) is 11.9. The average molecular weight is 244 g/mol. The van der Waals surface area contributed by atoms with Gasteiger partial charge in [-0.2, -0.15) is 5.26 Å². The van der Waals surface area contributed by atoms with Gasteiger partial charge in [0.25, 0.3) is 0 Å². The van der Waals surface area contributed by atoms with Gasteiger partial charge < -0.3 is 5.32 Å². The third-order valence-corrected chi connectivity index (χ3v) is 3.42. The van der Waals surface area contributed by atoms with E-state index in [9.17, 15) is 0 Å². The summed E-state index contributed by atoms with van der Waals surface area (Å²) in [6.45, 7) is 8.68. The number of nitrogens with zero attached hydrogens (tertiary/aromatic N) is 1. The van der Waals surface area contributed by atoms with Crippen molar-refractivity contribution in [2.75, 3.05) is 0 Å². The van der Waals surface area contributed by atoms with E-state index in [2.05, 4.69) is 63.3 Å². The third kappa shape index (κ3) is 4.16. The Morgan fingerprint density at radius 1 is 1.11 bits per heavy atom. The Hall–Kier alpha value is -1.33. The lowest BCUT2D eigenvalue weighted by molar-refractivity contribution is 0.448. The molecule has 18 heavy (non-hydrogen) atoms. The standard InChI is InChI=1S/C16H24N2/c1-5-16(10-11-17)18-13(4)15-8-6-14(7-9-15)12(2)3/h6-9,12-13,16,18H,5,10H2,1-4H3. The van der Waals surface area contributed by atoms with Crippen LogP contribution in [0.1, 0.15) is 63.6 Å². The average Bonchev–Trinajstić information content (AvgIpc) is 2.38. The maximum absolute atomic E-state index is 8.76. The van der Waals surface area contributed by atoms with Gasteiger partial charge in [-0.05, 0) is 30.4 Å². The van der Waals surface area contributed by atoms with Crippen molar-refractivity contribution in [3.05, 3.63) is 35.4 Å². The van der Waals surface area contributed by atoms with Crippen molar-refractivity contribution in [1.29, 1.82) is 5.26 Å². The lowest BCUT2D eigenvalue weighted by Gasteiger charge is -2.21. The summed E-state index contributed by atoms with van der Waals surface area (Å²) in [6.07, 6.45) is 1.56. The van der Waals surface area contributed by atoms with E-state index < -0.39 is 0 Å². The van der Waals surface area contributed by atoms with Crippen molar-refractivity contribution in [3.63, 3.8) is 0 Å². The molecule has 2 nitrogen and oxygen atoms in total. The van der Waals surface area contributed by atoms with Gasteiger partial charge in [0.2, 0.25) is 0 Å². The van der Waals surface area contributed by atoms with E-state index in [1.54, 1.807) is 0 Å². The molecule has 2 atom stereocenters. The van der Waals surface area contributed by atoms with Crippen molar-refractivity contribution in [3.8, 4) is 6.07 Å². The minimum Gasteiger partial charge on any atom is -0.306 e. The van der Waals surface area contributed by atoms with Crippen LogP contribution in [0.5, 0.6) is 0 Å². The molecule has 2 heteroatoms. The SMILES string of the molecule is CCC(CC#N)NC(C)c1ccc(C(C)C)cc1. The van der Waals surface area contributed by atoms with Gasteiger partial charge in [-0.3, -0.25) is 0 Å². The Labute approximate surface area is 111 Å². The molecule has 1 aromatic rings. The lowest BCUT2D eigenvalue weighted by Crippen LogP contribution is -2.30. The van der Waals surface area contributed by atoms with Crippen molar-refractivity contribution >= 4 is 0 Å². The van der Waals surface area contributed by atoms with E-state index >= 15 is 0 Å². The van der Waals surface area contributed by atoms with Crippen LogP contribution in [-0.4, -0.2) is 6.04 Å². The molecule has 0 amide bonds. The quantitative estimate of drug-likeness (QED) is 0.816. The molecule has 2 unspecified atom stereocenters. The maximum atomic E-state index is 8.76. The second-order valence-electron chi connectivity index (χ2n) is 5.18. The summed E-state index contributed by atoms with van der Waals surface area (Å²) in [5.74, 6) is 0.573. The molecule has 0 aromatic heterocycles. The predicted octanol–water partition coefficient (Wildman–Crippen LogP) is 4.15. The summed E-state index contributed by atoms with van der Waals surface area (Å²) in [4.78, 5) is 0. The van der Waals surface area contributed by atoms with Crippen molar-refractivity contribution in [1.82, 2.24) is 5.32 Å². The molecule has 0 saturated heterocycles. The molecule has 1 N–H and O–H groups in total. The Kier molecular flexibility index (Phi) is 5.88. The first-order valence-electron chi connectivity index (χ1n) is 6.81. The largest absolute Gasteiger partial charge is 0.306 e. The molecule has 0 heterocycles. The van der Waals surface area contributed by atoms with Gasteiger partial charge in [-0.15, -0.1) is 0 Å². The zero-order chi connectivity index (χ0) is 13.5. The molecule has 0 fully saturated rings. The molecular weight excluding hydrogens is 220 g/mol. The molecule has 0 saturated carbocycles. The van der Waals surface area contributed by atoms with Crippen LogP contribution < -0.4 is 5.32 Å². The maximum Gasteiger partial charge on any atom is 0.0638 e. The summed E-state index contributed by atoms with van der Waals surface area (Å²) in [5, 5.41) is 12.3. The molecular formula is C16H24N2. The minimum absolute atomic E-state index is 0.287. The number of rotatable bonds is 6. The fraction of sp³-hybridized carbons (Fsp3) is 0.562. The first kappa shape index (κ1) is 14.7. The zero-order valence-electron chi connectivity index (χ0n) is 11.9. The summed E-state index contributed by atoms with van der Waals surface area (Å²) in [6, 6.07) is 11.6. The molecule has 0 bridgehead atoms. The Morgan fingerprint density at radius 3 is 2.11 bits per heavy atom. The Bertz CT molecular complexity index is 387. The fourth-order valence-electron chi connectivity index (χ4n) is 2.05. The first-order valence-corrected chi connectivity index (χ1v) is 6.81. The van der Waals surface area contributed by atoms with Gasteiger partial charge in [-0.25, -0.2) is 0 Å². The van der Waals surface area contributed by atoms with Gasteiger partial charge >= 0.3 is 0 Å². The highest BCUT2D eigenvalue weighted by atomic mass is 14.9. The van der Waals surface area contributed by atoms with E-state index in [1.807, 2.05) is 0 Å². The number of hydrogen-bond donors (Lipinski definition) is 1. The van der Waals surface area contributed by atoms with Crippen LogP contribution in [0.4, 0.5) is 0 Å². The molecule has 98 valence electrons. The first-order chi connectivity index (χ1) is 8.58. The smallest absolute Gasteiger partial charge is 0.0638 e. The van der Waals surface area contributed by atoms with Crippen LogP contribution in [0.3, 0.4) is 0 Å². The molecule has 0 aliphatic carbocycles. The van der Waals surface area contributed by atoms with Crippen LogP contribution in [0, 0.1) is 11.3 Å². The van der Waals surface area contributed by atoms with Crippen LogP contribution in [0.2, 0.25) is 0 Å². The highest BCUT2D eigenvalue weighted by Gasteiger charge is 2.11. The minimum atomic E-state index is 0.287. The lowest BCUT2D eigenvalue weighted by atomic mass is 9.99. The van der Waals surface area contributed by atoms with E-state index in [1.165, 1.54) is 11.1 Å². The Balaban J connectivity index is 2.66. The van der Waals surface area contributed by atoms with Gasteiger partial charge in [0.1, 0.15) is 0 Å². The molecule has 0 spiro atoms. The second-order valence-corrected chi connectivity index (χ2v) is 5.18. The van der Waals surface area contributed by atoms with Crippen molar-refractivity contribution < 1.29 is 0 Å². The summed E-state index contributed by atoms with van der Waals surface area (Å²) < 4.78 is 0. The van der Waals surface area contributed by atoms with E-state index in [0.29, 0.717) is 18.4 Å². The van der Waals surface area contributed by atoms with E-state index in [0.717, 1.165) is 6.42 Å². The normalized spacial score (nSPS) is 14.2.